The van der Waals surface area contributed by atoms with Gasteiger partial charge in [0.05, 0.1) is 36.4 Å². The molecule has 1 aliphatic heterocycles. The van der Waals surface area contributed by atoms with Crippen LogP contribution in [-0.2, 0) is 14.4 Å². The van der Waals surface area contributed by atoms with Gasteiger partial charge < -0.3 is 24.8 Å². The summed E-state index contributed by atoms with van der Waals surface area (Å²) in [6, 6.07) is 15.8. The number of ketones is 1. The number of ether oxygens (including phenoxy) is 2. The summed E-state index contributed by atoms with van der Waals surface area (Å²) in [6.07, 6.45) is 0. The molecule has 202 valence electrons. The molecule has 39 heavy (non-hydrogen) atoms. The van der Waals surface area contributed by atoms with Crippen LogP contribution in [0.25, 0.3) is 5.76 Å². The topological polar surface area (TPSA) is 108 Å². The lowest BCUT2D eigenvalue weighted by Crippen LogP contribution is -2.29. The Bertz CT molecular complexity index is 1480. The Kier molecular flexibility index (Phi) is 7.83. The molecule has 0 spiro atoms. The van der Waals surface area contributed by atoms with Crippen molar-refractivity contribution in [2.75, 3.05) is 43.4 Å². The van der Waals surface area contributed by atoms with Crippen molar-refractivity contribution in [3.05, 3.63) is 82.4 Å². The highest BCUT2D eigenvalue weighted by Gasteiger charge is 2.47. The number of aliphatic hydroxyl groups is 1. The predicted molar refractivity (Wildman–Crippen MR) is 151 cm³/mol. The van der Waals surface area contributed by atoms with Gasteiger partial charge in [0.1, 0.15) is 17.3 Å². The maximum Gasteiger partial charge on any atom is 0.300 e. The Balaban J connectivity index is 1.96. The number of halogens is 1. The van der Waals surface area contributed by atoms with Crippen LogP contribution in [0.1, 0.15) is 24.1 Å². The second kappa shape index (κ2) is 11.1. The smallest absolute Gasteiger partial charge is 0.300 e. The minimum Gasteiger partial charge on any atom is -0.507 e. The molecule has 1 unspecified atom stereocenters. The summed E-state index contributed by atoms with van der Waals surface area (Å²) in [6.45, 7) is 1.37. The molecule has 0 bridgehead atoms. The highest BCUT2D eigenvalue weighted by Crippen LogP contribution is 2.45. The fourth-order valence-electron chi connectivity index (χ4n) is 4.50. The van der Waals surface area contributed by atoms with E-state index in [1.54, 1.807) is 36.4 Å². The van der Waals surface area contributed by atoms with Gasteiger partial charge in [-0.15, -0.1) is 0 Å². The number of aliphatic hydroxyl groups excluding tert-OH is 1. The lowest BCUT2D eigenvalue weighted by atomic mass is 9.94. The summed E-state index contributed by atoms with van der Waals surface area (Å²) in [7, 11) is 6.64. The Labute approximate surface area is 231 Å². The van der Waals surface area contributed by atoms with Gasteiger partial charge in [-0.05, 0) is 42.0 Å². The van der Waals surface area contributed by atoms with Gasteiger partial charge in [0.15, 0.2) is 0 Å². The molecule has 0 aromatic heterocycles. The number of nitrogens with one attached hydrogen (secondary N) is 1. The van der Waals surface area contributed by atoms with E-state index < -0.39 is 23.5 Å². The van der Waals surface area contributed by atoms with Crippen LogP contribution in [0.5, 0.6) is 11.5 Å². The quantitative estimate of drug-likeness (QED) is 0.242. The van der Waals surface area contributed by atoms with Crippen molar-refractivity contribution in [2.45, 2.75) is 13.0 Å². The summed E-state index contributed by atoms with van der Waals surface area (Å²) >= 11 is 6.34. The second-order valence-corrected chi connectivity index (χ2v) is 9.48. The van der Waals surface area contributed by atoms with Crippen LogP contribution in [-0.4, -0.2) is 51.0 Å². The number of carbonyl (C=O) groups excluding carboxylic acids is 3. The zero-order valence-corrected chi connectivity index (χ0v) is 22.9. The average Bonchev–Trinajstić information content (AvgIpc) is 3.18. The monoisotopic (exact) mass is 549 g/mol. The lowest BCUT2D eigenvalue weighted by Gasteiger charge is -2.26. The molecular formula is C29H28ClN3O6. The fraction of sp³-hybridized carbons (Fsp3) is 0.207. The lowest BCUT2D eigenvalue weighted by molar-refractivity contribution is -0.132. The van der Waals surface area contributed by atoms with E-state index in [4.69, 9.17) is 21.1 Å². The van der Waals surface area contributed by atoms with Crippen LogP contribution >= 0.6 is 11.6 Å². The maximum atomic E-state index is 13.5. The highest BCUT2D eigenvalue weighted by molar-refractivity contribution is 6.51. The van der Waals surface area contributed by atoms with Crippen molar-refractivity contribution in [3.63, 3.8) is 0 Å². The van der Waals surface area contributed by atoms with Gasteiger partial charge in [-0.3, -0.25) is 19.3 Å². The first kappa shape index (κ1) is 27.5. The predicted octanol–water partition coefficient (Wildman–Crippen LogP) is 5.01. The molecule has 3 aromatic carbocycles. The summed E-state index contributed by atoms with van der Waals surface area (Å²) in [5.41, 5.74) is 2.30. The number of nitrogens with zero attached hydrogens (tertiary/aromatic N) is 2. The number of methoxy groups -OCH3 is 2. The Hall–Kier alpha value is -4.50. The van der Waals surface area contributed by atoms with Gasteiger partial charge in [0, 0.05) is 44.1 Å². The van der Waals surface area contributed by atoms with Gasteiger partial charge in [0.25, 0.3) is 11.7 Å². The SMILES string of the molecule is COc1cc(OC)c(/C(O)=C2\C(=O)C(=O)N(c3cccc(NC(C)=O)c3)C2c2ccc(N(C)C)cc2)cc1Cl. The molecule has 1 aliphatic rings. The van der Waals surface area contributed by atoms with E-state index in [1.807, 2.05) is 31.1 Å². The van der Waals surface area contributed by atoms with E-state index in [9.17, 15) is 19.5 Å². The van der Waals surface area contributed by atoms with Crippen molar-refractivity contribution in [3.8, 4) is 11.5 Å². The van der Waals surface area contributed by atoms with Crippen molar-refractivity contribution < 1.29 is 29.0 Å². The third kappa shape index (κ3) is 5.26. The zero-order chi connectivity index (χ0) is 28.4. The van der Waals surface area contributed by atoms with Crippen LogP contribution in [0.15, 0.2) is 66.2 Å². The number of rotatable bonds is 7. The van der Waals surface area contributed by atoms with E-state index in [0.717, 1.165) is 5.69 Å². The molecule has 1 fully saturated rings. The van der Waals surface area contributed by atoms with Crippen LogP contribution in [0.3, 0.4) is 0 Å². The average molecular weight is 550 g/mol. The molecule has 0 radical (unpaired) electrons. The third-order valence-electron chi connectivity index (χ3n) is 6.34. The van der Waals surface area contributed by atoms with E-state index >= 15 is 0 Å². The van der Waals surface area contributed by atoms with Crippen LogP contribution in [0.2, 0.25) is 5.02 Å². The molecule has 0 aliphatic carbocycles. The minimum absolute atomic E-state index is 0.128. The van der Waals surface area contributed by atoms with Crippen LogP contribution < -0.4 is 24.6 Å². The van der Waals surface area contributed by atoms with E-state index in [2.05, 4.69) is 5.32 Å². The van der Waals surface area contributed by atoms with Crippen molar-refractivity contribution >= 4 is 52.0 Å². The highest BCUT2D eigenvalue weighted by atomic mass is 35.5. The second-order valence-electron chi connectivity index (χ2n) is 9.07. The largest absolute Gasteiger partial charge is 0.507 e. The molecule has 3 aromatic rings. The number of Topliss-reactive ketones (excluding diaryl/α,β-unsaturated/α-hetero) is 1. The molecule has 1 saturated heterocycles. The number of carbonyl (C=O) groups is 3. The number of hydrogen-bond donors (Lipinski definition) is 2. The van der Waals surface area contributed by atoms with Gasteiger partial charge in [-0.1, -0.05) is 29.8 Å². The Morgan fingerprint density at radius 2 is 1.67 bits per heavy atom. The maximum absolute atomic E-state index is 13.5. The summed E-state index contributed by atoms with van der Waals surface area (Å²) in [5, 5.41) is 14.4. The van der Waals surface area contributed by atoms with Crippen LogP contribution in [0, 0.1) is 0 Å². The van der Waals surface area contributed by atoms with E-state index in [-0.39, 0.29) is 27.8 Å². The van der Waals surface area contributed by atoms with Crippen molar-refractivity contribution in [2.24, 2.45) is 0 Å². The van der Waals surface area contributed by atoms with E-state index in [1.165, 1.54) is 38.2 Å². The van der Waals surface area contributed by atoms with Crippen molar-refractivity contribution in [1.29, 1.82) is 0 Å². The van der Waals surface area contributed by atoms with Gasteiger partial charge in [0.2, 0.25) is 5.91 Å². The first-order valence-electron chi connectivity index (χ1n) is 11.9. The summed E-state index contributed by atoms with van der Waals surface area (Å²) < 4.78 is 10.7. The van der Waals surface area contributed by atoms with Gasteiger partial charge >= 0.3 is 0 Å². The molecular weight excluding hydrogens is 522 g/mol. The summed E-state index contributed by atoms with van der Waals surface area (Å²) in [4.78, 5) is 41.9. The molecule has 1 atom stereocenters. The van der Waals surface area contributed by atoms with E-state index in [0.29, 0.717) is 22.7 Å². The number of benzene rings is 3. The molecule has 1 heterocycles. The number of anilines is 3. The fourth-order valence-corrected chi connectivity index (χ4v) is 4.74. The molecule has 0 saturated carbocycles. The number of amides is 2. The Morgan fingerprint density at radius 1 is 1.00 bits per heavy atom. The van der Waals surface area contributed by atoms with Crippen LogP contribution in [0.4, 0.5) is 17.1 Å². The number of hydrogen-bond acceptors (Lipinski definition) is 7. The minimum atomic E-state index is -0.987. The first-order chi connectivity index (χ1) is 18.6. The first-order valence-corrected chi connectivity index (χ1v) is 12.3. The molecule has 2 amide bonds. The normalized spacial score (nSPS) is 16.3. The molecule has 9 nitrogen and oxygen atoms in total. The molecule has 10 heteroatoms. The van der Waals surface area contributed by atoms with Gasteiger partial charge in [-0.2, -0.15) is 0 Å². The Morgan fingerprint density at radius 3 is 2.26 bits per heavy atom. The third-order valence-corrected chi connectivity index (χ3v) is 6.64. The standard InChI is InChI=1S/C29H28ClN3O6/c1-16(34)31-18-7-6-8-20(13-18)33-26(17-9-11-19(12-10-17)32(2)3)25(28(36)29(33)37)27(35)21-14-22(30)24(39-5)15-23(21)38-4/h6-15,26,35H,1-5H3,(H,31,34)/b27-25+. The summed E-state index contributed by atoms with van der Waals surface area (Å²) in [5.74, 6) is -1.93. The van der Waals surface area contributed by atoms with Crippen molar-refractivity contribution in [1.82, 2.24) is 0 Å². The van der Waals surface area contributed by atoms with Gasteiger partial charge in [-0.25, -0.2) is 0 Å². The molecule has 2 N–H and O–H groups in total. The molecule has 4 rings (SSSR count). The zero-order valence-electron chi connectivity index (χ0n) is 22.1.